The van der Waals surface area contributed by atoms with Crippen molar-refractivity contribution >= 4 is 17.8 Å². The molecule has 2 amide bonds. The average molecular weight is 337 g/mol. The van der Waals surface area contributed by atoms with Crippen LogP contribution < -0.4 is 10.6 Å². The molecule has 134 valence electrons. The van der Waals surface area contributed by atoms with Crippen LogP contribution >= 0.6 is 0 Å². The fourth-order valence-electron chi connectivity index (χ4n) is 2.31. The number of aromatic nitrogens is 1. The van der Waals surface area contributed by atoms with Crippen molar-refractivity contribution in [2.45, 2.75) is 58.6 Å². The second kappa shape index (κ2) is 9.22. The van der Waals surface area contributed by atoms with Crippen LogP contribution in [-0.2, 0) is 4.79 Å². The molecule has 7 nitrogen and oxygen atoms in total. The zero-order chi connectivity index (χ0) is 18.2. The van der Waals surface area contributed by atoms with Gasteiger partial charge in [0, 0.05) is 6.20 Å². The summed E-state index contributed by atoms with van der Waals surface area (Å²) in [5.41, 5.74) is 0.199. The van der Waals surface area contributed by atoms with Gasteiger partial charge < -0.3 is 20.8 Å². The Bertz CT molecular complexity index is 528. The number of aliphatic hydroxyl groups is 1. The second-order valence-electron chi connectivity index (χ2n) is 7.01. The molecule has 2 atom stereocenters. The molecule has 1 aromatic heterocycles. The molecular formula is C17H27N3O4. The highest BCUT2D eigenvalue weighted by Gasteiger charge is 2.27. The van der Waals surface area contributed by atoms with Gasteiger partial charge in [-0.2, -0.15) is 0 Å². The number of carboxylic acid groups (broad SMARTS) is 1. The van der Waals surface area contributed by atoms with Crippen LogP contribution in [0.3, 0.4) is 0 Å². The summed E-state index contributed by atoms with van der Waals surface area (Å²) in [6, 6.07) is 4.14. The minimum absolute atomic E-state index is 0.199. The second-order valence-corrected chi connectivity index (χ2v) is 7.01. The third kappa shape index (κ3) is 7.92. The smallest absolute Gasteiger partial charge is 0.404 e. The molecule has 7 heteroatoms. The fraction of sp³-hybridized carbons (Fsp3) is 0.588. The standard InChI is InChI=1S/C17H27N3O4/c1-17(2,3)10-6-4-8-12(19-16(23)24)14(21)15(22)20-13-9-5-7-11-18-13/h5,7,9,11-12,14,19,21H,4,6,8,10H2,1-3H3,(H,23,24)(H,18,20,22)/t12-,14+/m0/s1. The molecule has 1 aromatic rings. The number of hydrogen-bond donors (Lipinski definition) is 4. The van der Waals surface area contributed by atoms with Gasteiger partial charge in [0.2, 0.25) is 0 Å². The summed E-state index contributed by atoms with van der Waals surface area (Å²) in [5, 5.41) is 23.8. The Kier molecular flexibility index (Phi) is 7.64. The SMILES string of the molecule is CC(C)(C)CCCC[C@H](NC(=O)O)[C@@H](O)C(=O)Nc1ccccn1. The van der Waals surface area contributed by atoms with Crippen molar-refractivity contribution in [3.63, 3.8) is 0 Å². The molecule has 1 rings (SSSR count). The molecular weight excluding hydrogens is 310 g/mol. The number of unbranched alkanes of at least 4 members (excludes halogenated alkanes) is 1. The Morgan fingerprint density at radius 2 is 1.96 bits per heavy atom. The molecule has 0 fully saturated rings. The van der Waals surface area contributed by atoms with Gasteiger partial charge in [0.25, 0.3) is 5.91 Å². The van der Waals surface area contributed by atoms with Crippen molar-refractivity contribution in [2.24, 2.45) is 5.41 Å². The monoisotopic (exact) mass is 337 g/mol. The molecule has 0 unspecified atom stereocenters. The van der Waals surface area contributed by atoms with E-state index in [0.717, 1.165) is 19.3 Å². The summed E-state index contributed by atoms with van der Waals surface area (Å²) < 4.78 is 0. The molecule has 24 heavy (non-hydrogen) atoms. The summed E-state index contributed by atoms with van der Waals surface area (Å²) in [5.74, 6) is -0.369. The first-order valence-corrected chi connectivity index (χ1v) is 8.08. The van der Waals surface area contributed by atoms with E-state index >= 15 is 0 Å². The van der Waals surface area contributed by atoms with E-state index in [1.54, 1.807) is 18.2 Å². The van der Waals surface area contributed by atoms with Crippen LogP contribution in [0, 0.1) is 5.41 Å². The predicted octanol–water partition coefficient (Wildman–Crippen LogP) is 2.62. The van der Waals surface area contributed by atoms with Crippen molar-refractivity contribution in [1.29, 1.82) is 0 Å². The maximum absolute atomic E-state index is 12.1. The van der Waals surface area contributed by atoms with Crippen LogP contribution in [0.1, 0.15) is 46.5 Å². The summed E-state index contributed by atoms with van der Waals surface area (Å²) in [6.45, 7) is 6.40. The minimum atomic E-state index is -1.47. The number of hydrogen-bond acceptors (Lipinski definition) is 4. The van der Waals surface area contributed by atoms with Gasteiger partial charge in [0.1, 0.15) is 5.82 Å². The van der Waals surface area contributed by atoms with E-state index in [4.69, 9.17) is 5.11 Å². The van der Waals surface area contributed by atoms with Gasteiger partial charge in [-0.3, -0.25) is 4.79 Å². The lowest BCUT2D eigenvalue weighted by molar-refractivity contribution is -0.125. The largest absolute Gasteiger partial charge is 0.465 e. The Balaban J connectivity index is 2.58. The number of anilines is 1. The lowest BCUT2D eigenvalue weighted by Crippen LogP contribution is -2.48. The van der Waals surface area contributed by atoms with Crippen LogP contribution in [0.15, 0.2) is 24.4 Å². The minimum Gasteiger partial charge on any atom is -0.465 e. The predicted molar refractivity (Wildman–Crippen MR) is 91.7 cm³/mol. The van der Waals surface area contributed by atoms with E-state index in [-0.39, 0.29) is 5.41 Å². The summed E-state index contributed by atoms with van der Waals surface area (Å²) in [6.07, 6.45) is 1.77. The fourth-order valence-corrected chi connectivity index (χ4v) is 2.31. The molecule has 0 spiro atoms. The number of pyridine rings is 1. The average Bonchev–Trinajstić information content (AvgIpc) is 2.49. The molecule has 0 aliphatic carbocycles. The van der Waals surface area contributed by atoms with Crippen molar-refractivity contribution in [2.75, 3.05) is 5.32 Å². The van der Waals surface area contributed by atoms with Crippen molar-refractivity contribution in [3.8, 4) is 0 Å². The Hall–Kier alpha value is -2.15. The number of rotatable bonds is 8. The Labute approximate surface area is 142 Å². The van der Waals surface area contributed by atoms with E-state index in [2.05, 4.69) is 36.4 Å². The van der Waals surface area contributed by atoms with Gasteiger partial charge in [-0.25, -0.2) is 9.78 Å². The first kappa shape index (κ1) is 19.9. The Morgan fingerprint density at radius 1 is 1.25 bits per heavy atom. The maximum atomic E-state index is 12.1. The maximum Gasteiger partial charge on any atom is 0.404 e. The number of carbonyl (C=O) groups excluding carboxylic acids is 1. The first-order chi connectivity index (χ1) is 11.2. The lowest BCUT2D eigenvalue weighted by atomic mass is 9.89. The van der Waals surface area contributed by atoms with Gasteiger partial charge in [0.05, 0.1) is 6.04 Å². The van der Waals surface area contributed by atoms with Crippen molar-refractivity contribution in [3.05, 3.63) is 24.4 Å². The third-order valence-corrected chi connectivity index (χ3v) is 3.57. The van der Waals surface area contributed by atoms with E-state index in [0.29, 0.717) is 12.2 Å². The number of amides is 2. The lowest BCUT2D eigenvalue weighted by Gasteiger charge is -2.23. The van der Waals surface area contributed by atoms with Crippen LogP contribution in [-0.4, -0.2) is 39.3 Å². The van der Waals surface area contributed by atoms with Crippen LogP contribution in [0.4, 0.5) is 10.6 Å². The number of aliphatic hydroxyl groups excluding tert-OH is 1. The molecule has 0 bridgehead atoms. The molecule has 1 heterocycles. The first-order valence-electron chi connectivity index (χ1n) is 8.08. The normalized spacial score (nSPS) is 13.8. The zero-order valence-electron chi connectivity index (χ0n) is 14.5. The molecule has 0 aliphatic heterocycles. The summed E-state index contributed by atoms with van der Waals surface area (Å²) >= 11 is 0. The third-order valence-electron chi connectivity index (χ3n) is 3.57. The number of carbonyl (C=O) groups is 2. The number of nitrogens with zero attached hydrogens (tertiary/aromatic N) is 1. The van der Waals surface area contributed by atoms with E-state index in [9.17, 15) is 14.7 Å². The van der Waals surface area contributed by atoms with Gasteiger partial charge >= 0.3 is 6.09 Å². The van der Waals surface area contributed by atoms with E-state index in [1.807, 2.05) is 0 Å². The zero-order valence-corrected chi connectivity index (χ0v) is 14.5. The topological polar surface area (TPSA) is 112 Å². The van der Waals surface area contributed by atoms with Crippen LogP contribution in [0.5, 0.6) is 0 Å². The van der Waals surface area contributed by atoms with Gasteiger partial charge in [-0.15, -0.1) is 0 Å². The summed E-state index contributed by atoms with van der Waals surface area (Å²) in [4.78, 5) is 27.0. The van der Waals surface area contributed by atoms with Crippen LogP contribution in [0.2, 0.25) is 0 Å². The molecule has 0 radical (unpaired) electrons. The highest BCUT2D eigenvalue weighted by molar-refractivity contribution is 5.93. The van der Waals surface area contributed by atoms with E-state index in [1.165, 1.54) is 6.20 Å². The number of nitrogens with one attached hydrogen (secondary N) is 2. The highest BCUT2D eigenvalue weighted by atomic mass is 16.4. The van der Waals surface area contributed by atoms with Crippen molar-refractivity contribution < 1.29 is 19.8 Å². The molecule has 0 aliphatic rings. The van der Waals surface area contributed by atoms with Crippen LogP contribution in [0.25, 0.3) is 0 Å². The molecule has 0 saturated heterocycles. The highest BCUT2D eigenvalue weighted by Crippen LogP contribution is 2.22. The van der Waals surface area contributed by atoms with Gasteiger partial charge in [-0.1, -0.05) is 39.7 Å². The van der Waals surface area contributed by atoms with Gasteiger partial charge in [0.15, 0.2) is 6.10 Å². The Morgan fingerprint density at radius 3 is 2.50 bits per heavy atom. The van der Waals surface area contributed by atoms with E-state index < -0.39 is 24.1 Å². The summed E-state index contributed by atoms with van der Waals surface area (Å²) in [7, 11) is 0. The molecule has 0 saturated carbocycles. The molecule has 0 aromatic carbocycles. The molecule has 4 N–H and O–H groups in total. The van der Waals surface area contributed by atoms with Crippen molar-refractivity contribution in [1.82, 2.24) is 10.3 Å². The quantitative estimate of drug-likeness (QED) is 0.545. The van der Waals surface area contributed by atoms with Gasteiger partial charge in [-0.05, 0) is 30.4 Å².